The van der Waals surface area contributed by atoms with Gasteiger partial charge in [-0.25, -0.2) is 0 Å². The molecule has 2 unspecified atom stereocenters. The van der Waals surface area contributed by atoms with Crippen LogP contribution in [0, 0.1) is 0 Å². The number of nitrogens with zero attached hydrogens (tertiary/aromatic N) is 1. The number of hydrogen-bond donors (Lipinski definition) is 3. The van der Waals surface area contributed by atoms with Crippen molar-refractivity contribution >= 4 is 29.1 Å². The maximum atomic E-state index is 12.5. The van der Waals surface area contributed by atoms with E-state index in [0.29, 0.717) is 13.0 Å². The Kier molecular flexibility index (Phi) is 5.38. The van der Waals surface area contributed by atoms with Crippen LogP contribution in [0.1, 0.15) is 37.1 Å². The highest BCUT2D eigenvalue weighted by molar-refractivity contribution is 7.10. The molecule has 1 aromatic rings. The van der Waals surface area contributed by atoms with Gasteiger partial charge in [0, 0.05) is 18.3 Å². The Morgan fingerprint density at radius 1 is 1.52 bits per heavy atom. The summed E-state index contributed by atoms with van der Waals surface area (Å²) >= 11 is 1.46. The predicted octanol–water partition coefficient (Wildman–Crippen LogP) is 0.154. The van der Waals surface area contributed by atoms with Gasteiger partial charge >= 0.3 is 0 Å². The van der Waals surface area contributed by atoms with Crippen LogP contribution in [-0.2, 0) is 14.4 Å². The van der Waals surface area contributed by atoms with E-state index < -0.39 is 17.6 Å². The number of primary amides is 1. The molecule has 23 heavy (non-hydrogen) atoms. The van der Waals surface area contributed by atoms with Gasteiger partial charge in [-0.15, -0.1) is 11.3 Å². The molecule has 0 bridgehead atoms. The zero-order valence-electron chi connectivity index (χ0n) is 12.9. The molecular weight excluding hydrogens is 318 g/mol. The number of aliphatic hydroxyl groups is 1. The van der Waals surface area contributed by atoms with Crippen molar-refractivity contribution in [2.24, 2.45) is 5.73 Å². The lowest BCUT2D eigenvalue weighted by atomic mass is 9.92. The summed E-state index contributed by atoms with van der Waals surface area (Å²) in [4.78, 5) is 37.6. The van der Waals surface area contributed by atoms with Gasteiger partial charge in [-0.05, 0) is 24.3 Å². The molecule has 8 heteroatoms. The fraction of sp³-hybridized carbons (Fsp3) is 0.533. The second-order valence-corrected chi connectivity index (χ2v) is 6.77. The number of nitrogens with two attached hydrogens (primary N) is 1. The van der Waals surface area contributed by atoms with Gasteiger partial charge in [0.1, 0.15) is 0 Å². The van der Waals surface area contributed by atoms with Crippen molar-refractivity contribution < 1.29 is 19.5 Å². The lowest BCUT2D eigenvalue weighted by Gasteiger charge is -2.37. The van der Waals surface area contributed by atoms with Gasteiger partial charge in [-0.2, -0.15) is 0 Å². The molecule has 0 spiro atoms. The number of nitrogens with one attached hydrogen (secondary N) is 1. The molecule has 4 N–H and O–H groups in total. The molecule has 1 fully saturated rings. The monoisotopic (exact) mass is 339 g/mol. The van der Waals surface area contributed by atoms with E-state index in [1.165, 1.54) is 23.2 Å². The number of carbonyl (C=O) groups is 3. The molecule has 2 rings (SSSR count). The largest absolute Gasteiger partial charge is 0.378 e. The van der Waals surface area contributed by atoms with Gasteiger partial charge in [0.25, 0.3) is 5.91 Å². The molecule has 1 aliphatic heterocycles. The van der Waals surface area contributed by atoms with E-state index in [2.05, 4.69) is 5.32 Å². The summed E-state index contributed by atoms with van der Waals surface area (Å²) in [6.45, 7) is 1.77. The Hall–Kier alpha value is -1.93. The molecule has 2 heterocycles. The summed E-state index contributed by atoms with van der Waals surface area (Å²) < 4.78 is 0. The Balaban J connectivity index is 2.06. The first kappa shape index (κ1) is 17.4. The van der Waals surface area contributed by atoms with E-state index in [1.54, 1.807) is 0 Å². The van der Waals surface area contributed by atoms with E-state index in [4.69, 9.17) is 5.73 Å². The SMILES string of the molecule is CC(=O)NC(CC(=O)N1CCCC(O)(C(N)=O)C1)c1cccs1. The number of piperidine rings is 1. The number of thiophene rings is 1. The van der Waals surface area contributed by atoms with E-state index >= 15 is 0 Å². The highest BCUT2D eigenvalue weighted by atomic mass is 32.1. The van der Waals surface area contributed by atoms with Gasteiger partial charge in [0.15, 0.2) is 5.60 Å². The molecule has 1 aromatic heterocycles. The molecule has 7 nitrogen and oxygen atoms in total. The molecule has 1 saturated heterocycles. The smallest absolute Gasteiger partial charge is 0.251 e. The van der Waals surface area contributed by atoms with Gasteiger partial charge < -0.3 is 21.1 Å². The standard InChI is InChI=1S/C15H21N3O4S/c1-10(19)17-11(12-4-2-7-23-12)8-13(20)18-6-3-5-15(22,9-18)14(16)21/h2,4,7,11,22H,3,5-6,8-9H2,1H3,(H2,16,21)(H,17,19). The average molecular weight is 339 g/mol. The van der Waals surface area contributed by atoms with Crippen LogP contribution in [0.15, 0.2) is 17.5 Å². The van der Waals surface area contributed by atoms with Crippen molar-refractivity contribution in [3.05, 3.63) is 22.4 Å². The number of amides is 3. The molecule has 0 aliphatic carbocycles. The highest BCUT2D eigenvalue weighted by Gasteiger charge is 2.40. The first-order chi connectivity index (χ1) is 10.8. The van der Waals surface area contributed by atoms with Crippen molar-refractivity contribution in [1.82, 2.24) is 10.2 Å². The summed E-state index contributed by atoms with van der Waals surface area (Å²) in [6, 6.07) is 3.30. The minimum Gasteiger partial charge on any atom is -0.378 e. The summed E-state index contributed by atoms with van der Waals surface area (Å²) in [5, 5.41) is 14.8. The lowest BCUT2D eigenvalue weighted by Crippen LogP contribution is -2.57. The minimum atomic E-state index is -1.67. The number of likely N-dealkylation sites (tertiary alicyclic amines) is 1. The van der Waals surface area contributed by atoms with E-state index in [1.807, 2.05) is 17.5 Å². The molecule has 1 aliphatic rings. The third-order valence-corrected chi connectivity index (χ3v) is 4.91. The number of hydrogen-bond acceptors (Lipinski definition) is 5. The molecule has 3 amide bonds. The van der Waals surface area contributed by atoms with E-state index in [0.717, 1.165) is 4.88 Å². The Morgan fingerprint density at radius 2 is 2.26 bits per heavy atom. The van der Waals surface area contributed by atoms with Crippen LogP contribution in [0.4, 0.5) is 0 Å². The van der Waals surface area contributed by atoms with Crippen LogP contribution in [0.25, 0.3) is 0 Å². The predicted molar refractivity (Wildman–Crippen MR) is 85.5 cm³/mol. The van der Waals surface area contributed by atoms with E-state index in [-0.39, 0.29) is 31.2 Å². The van der Waals surface area contributed by atoms with Crippen LogP contribution in [0.3, 0.4) is 0 Å². The van der Waals surface area contributed by atoms with Crippen LogP contribution in [0.2, 0.25) is 0 Å². The Labute approximate surface area is 138 Å². The Bertz CT molecular complexity index is 590. The topological polar surface area (TPSA) is 113 Å². The highest BCUT2D eigenvalue weighted by Crippen LogP contribution is 2.26. The Morgan fingerprint density at radius 3 is 2.83 bits per heavy atom. The minimum absolute atomic E-state index is 0.0783. The second-order valence-electron chi connectivity index (χ2n) is 5.79. The van der Waals surface area contributed by atoms with Crippen LogP contribution < -0.4 is 11.1 Å². The molecular formula is C15H21N3O4S. The first-order valence-electron chi connectivity index (χ1n) is 7.42. The summed E-state index contributed by atoms with van der Waals surface area (Å²) in [6.07, 6.45) is 0.843. The lowest BCUT2D eigenvalue weighted by molar-refractivity contribution is -0.149. The molecule has 2 atom stereocenters. The van der Waals surface area contributed by atoms with Crippen molar-refractivity contribution in [2.75, 3.05) is 13.1 Å². The van der Waals surface area contributed by atoms with Crippen molar-refractivity contribution in [3.63, 3.8) is 0 Å². The number of carbonyl (C=O) groups excluding carboxylic acids is 3. The molecule has 0 saturated carbocycles. The fourth-order valence-corrected chi connectivity index (χ4v) is 3.49. The van der Waals surface area contributed by atoms with Crippen molar-refractivity contribution in [2.45, 2.75) is 37.8 Å². The zero-order valence-corrected chi connectivity index (χ0v) is 13.8. The van der Waals surface area contributed by atoms with Crippen molar-refractivity contribution in [3.8, 4) is 0 Å². The second kappa shape index (κ2) is 7.10. The third kappa shape index (κ3) is 4.29. The third-order valence-electron chi connectivity index (χ3n) is 3.93. The fourth-order valence-electron chi connectivity index (χ4n) is 2.71. The van der Waals surface area contributed by atoms with E-state index in [9.17, 15) is 19.5 Å². The number of rotatable bonds is 5. The normalized spacial score (nSPS) is 22.4. The summed E-state index contributed by atoms with van der Waals surface area (Å²) in [5.74, 6) is -1.26. The summed E-state index contributed by atoms with van der Waals surface area (Å²) in [5.41, 5.74) is 3.56. The van der Waals surface area contributed by atoms with Gasteiger partial charge in [0.05, 0.1) is 19.0 Å². The van der Waals surface area contributed by atoms with Gasteiger partial charge in [-0.1, -0.05) is 6.07 Å². The molecule has 126 valence electrons. The molecule has 0 aromatic carbocycles. The number of β-amino-alcohol motifs (C(OH)–C–C–N with tert-alkyl or cyclic N) is 1. The summed E-state index contributed by atoms with van der Waals surface area (Å²) in [7, 11) is 0. The maximum absolute atomic E-state index is 12.5. The first-order valence-corrected chi connectivity index (χ1v) is 8.30. The van der Waals surface area contributed by atoms with Gasteiger partial charge in [0.2, 0.25) is 11.8 Å². The molecule has 0 radical (unpaired) electrons. The van der Waals surface area contributed by atoms with Crippen LogP contribution in [0.5, 0.6) is 0 Å². The zero-order chi connectivity index (χ0) is 17.0. The maximum Gasteiger partial charge on any atom is 0.251 e. The average Bonchev–Trinajstić information content (AvgIpc) is 3.00. The van der Waals surface area contributed by atoms with Crippen molar-refractivity contribution in [1.29, 1.82) is 0 Å². The van der Waals surface area contributed by atoms with Gasteiger partial charge in [-0.3, -0.25) is 14.4 Å². The van der Waals surface area contributed by atoms with Crippen LogP contribution in [-0.4, -0.2) is 46.4 Å². The quantitative estimate of drug-likeness (QED) is 0.709. The van der Waals surface area contributed by atoms with Crippen LogP contribution >= 0.6 is 11.3 Å².